The molecule has 18 heavy (non-hydrogen) atoms. The average molecular weight is 338 g/mol. The molecule has 0 radical (unpaired) electrons. The zero-order valence-electron chi connectivity index (χ0n) is 9.01. The molecule has 98 valence electrons. The highest BCUT2D eigenvalue weighted by Crippen LogP contribution is 2.29. The molecule has 2 heterocycles. The fraction of sp³-hybridized carbons (Fsp3) is 0.333. The average Bonchev–Trinajstić information content (AvgIpc) is 2.60. The van der Waals surface area contributed by atoms with E-state index in [4.69, 9.17) is 5.14 Å². The Labute approximate surface area is 111 Å². The molecule has 1 amide bonds. The van der Waals surface area contributed by atoms with Crippen LogP contribution < -0.4 is 10.0 Å². The highest BCUT2D eigenvalue weighted by atomic mass is 79.9. The molecule has 1 unspecified atom stereocenters. The maximum absolute atomic E-state index is 12.8. The van der Waals surface area contributed by atoms with Crippen LogP contribution in [0.2, 0.25) is 0 Å². The topological polar surface area (TPSA) is 93.4 Å². The molecule has 9 heteroatoms. The van der Waals surface area contributed by atoms with E-state index in [9.17, 15) is 17.6 Å². The van der Waals surface area contributed by atoms with Crippen molar-refractivity contribution in [3.8, 4) is 0 Å². The number of rotatable bonds is 2. The zero-order chi connectivity index (χ0) is 13.5. The Bertz CT molecular complexity index is 607. The lowest BCUT2D eigenvalue weighted by atomic mass is 10.4. The van der Waals surface area contributed by atoms with E-state index in [2.05, 4.69) is 20.9 Å². The van der Waals surface area contributed by atoms with Crippen molar-refractivity contribution >= 4 is 37.5 Å². The molecule has 6 nitrogen and oxygen atoms in total. The molecule has 1 saturated heterocycles. The molecule has 1 fully saturated rings. The Hall–Kier alpha value is -1.06. The van der Waals surface area contributed by atoms with Crippen molar-refractivity contribution in [1.29, 1.82) is 0 Å². The number of hydrogen-bond donors (Lipinski definition) is 1. The molecule has 2 rings (SSSR count). The van der Waals surface area contributed by atoms with E-state index in [0.717, 1.165) is 6.07 Å². The number of hydrogen-bond acceptors (Lipinski definition) is 4. The molecular formula is C9H9BrFN3O3S. The minimum absolute atomic E-state index is 0.0520. The van der Waals surface area contributed by atoms with Gasteiger partial charge in [0.25, 0.3) is 0 Å². The second-order valence-electron chi connectivity index (χ2n) is 3.86. The summed E-state index contributed by atoms with van der Waals surface area (Å²) in [6.45, 7) is -0.0520. The normalized spacial score (nSPS) is 20.5. The van der Waals surface area contributed by atoms with Crippen LogP contribution in [-0.4, -0.2) is 31.1 Å². The predicted molar refractivity (Wildman–Crippen MR) is 65.8 cm³/mol. The Morgan fingerprint density at radius 1 is 1.50 bits per heavy atom. The zero-order valence-corrected chi connectivity index (χ0v) is 11.4. The van der Waals surface area contributed by atoms with Gasteiger partial charge in [-0.1, -0.05) is 0 Å². The van der Waals surface area contributed by atoms with Crippen LogP contribution in [0.25, 0.3) is 0 Å². The lowest BCUT2D eigenvalue weighted by Gasteiger charge is -2.17. The summed E-state index contributed by atoms with van der Waals surface area (Å²) >= 11 is 3.03. The van der Waals surface area contributed by atoms with Crippen LogP contribution in [0.1, 0.15) is 6.42 Å². The first kappa shape index (κ1) is 13.4. The maximum atomic E-state index is 12.8. The van der Waals surface area contributed by atoms with Gasteiger partial charge >= 0.3 is 0 Å². The minimum Gasteiger partial charge on any atom is -0.308 e. The lowest BCUT2D eigenvalue weighted by Crippen LogP contribution is -2.32. The quantitative estimate of drug-likeness (QED) is 0.789. The van der Waals surface area contributed by atoms with Gasteiger partial charge in [0.15, 0.2) is 0 Å². The molecule has 0 saturated carbocycles. The van der Waals surface area contributed by atoms with Gasteiger partial charge in [-0.05, 0) is 28.1 Å². The molecule has 1 atom stereocenters. The number of pyridine rings is 1. The predicted octanol–water partition coefficient (Wildman–Crippen LogP) is 0.377. The van der Waals surface area contributed by atoms with Gasteiger partial charge in [0, 0.05) is 13.0 Å². The number of amides is 1. The van der Waals surface area contributed by atoms with Crippen LogP contribution in [0, 0.1) is 5.95 Å². The second-order valence-corrected chi connectivity index (χ2v) is 6.46. The number of primary sulfonamides is 1. The third-order valence-electron chi connectivity index (χ3n) is 2.64. The monoisotopic (exact) mass is 337 g/mol. The van der Waals surface area contributed by atoms with E-state index in [1.54, 1.807) is 0 Å². The number of aromatic nitrogens is 1. The summed E-state index contributed by atoms with van der Waals surface area (Å²) < 4.78 is 35.4. The molecule has 0 spiro atoms. The van der Waals surface area contributed by atoms with E-state index < -0.39 is 21.2 Å². The van der Waals surface area contributed by atoms with Crippen molar-refractivity contribution in [1.82, 2.24) is 4.98 Å². The number of nitrogens with two attached hydrogens (primary N) is 1. The van der Waals surface area contributed by atoms with Crippen molar-refractivity contribution in [2.24, 2.45) is 5.14 Å². The summed E-state index contributed by atoms with van der Waals surface area (Å²) in [7, 11) is -3.77. The van der Waals surface area contributed by atoms with E-state index in [1.807, 2.05) is 0 Å². The maximum Gasteiger partial charge on any atom is 0.228 e. The van der Waals surface area contributed by atoms with Crippen LogP contribution in [0.15, 0.2) is 16.7 Å². The minimum atomic E-state index is -3.77. The van der Waals surface area contributed by atoms with Gasteiger partial charge in [-0.2, -0.15) is 4.39 Å². The molecule has 0 bridgehead atoms. The van der Waals surface area contributed by atoms with Crippen molar-refractivity contribution in [3.63, 3.8) is 0 Å². The van der Waals surface area contributed by atoms with Gasteiger partial charge in [0.2, 0.25) is 21.9 Å². The van der Waals surface area contributed by atoms with Crippen molar-refractivity contribution in [2.45, 2.75) is 11.7 Å². The fourth-order valence-electron chi connectivity index (χ4n) is 1.73. The van der Waals surface area contributed by atoms with Gasteiger partial charge in [0.05, 0.1) is 5.69 Å². The number of nitrogens with zero attached hydrogens (tertiary/aromatic N) is 2. The standard InChI is InChI=1S/C9H9BrFN3O3S/c10-9-6(1-2-7(11)13-9)14-4-5(3-8(14)15)18(12,16)17/h1-2,5H,3-4H2,(H2,12,16,17). The third kappa shape index (κ3) is 2.52. The summed E-state index contributed by atoms with van der Waals surface area (Å²) in [6, 6.07) is 2.45. The first-order chi connectivity index (χ1) is 8.29. The summed E-state index contributed by atoms with van der Waals surface area (Å²) in [5, 5.41) is 4.07. The van der Waals surface area contributed by atoms with E-state index >= 15 is 0 Å². The van der Waals surface area contributed by atoms with Crippen LogP contribution in [0.3, 0.4) is 0 Å². The van der Waals surface area contributed by atoms with E-state index in [1.165, 1.54) is 11.0 Å². The van der Waals surface area contributed by atoms with E-state index in [-0.39, 0.29) is 23.5 Å². The number of carbonyl (C=O) groups is 1. The number of anilines is 1. The van der Waals surface area contributed by atoms with Gasteiger partial charge in [-0.25, -0.2) is 18.5 Å². The lowest BCUT2D eigenvalue weighted by molar-refractivity contribution is -0.117. The Kier molecular flexibility index (Phi) is 3.39. The van der Waals surface area contributed by atoms with Gasteiger partial charge < -0.3 is 4.90 Å². The largest absolute Gasteiger partial charge is 0.308 e. The fourth-order valence-corrected chi connectivity index (χ4v) is 2.98. The summed E-state index contributed by atoms with van der Waals surface area (Å²) in [4.78, 5) is 16.5. The van der Waals surface area contributed by atoms with Crippen LogP contribution >= 0.6 is 15.9 Å². The molecule has 0 aliphatic carbocycles. The summed E-state index contributed by atoms with van der Waals surface area (Å²) in [6.07, 6.45) is -0.178. The molecule has 1 aromatic rings. The number of halogens is 2. The Balaban J connectivity index is 2.33. The molecule has 1 aromatic heterocycles. The third-order valence-corrected chi connectivity index (χ3v) is 4.47. The van der Waals surface area contributed by atoms with Crippen molar-refractivity contribution < 1.29 is 17.6 Å². The molecule has 1 aliphatic rings. The van der Waals surface area contributed by atoms with Gasteiger partial charge in [-0.3, -0.25) is 4.79 Å². The van der Waals surface area contributed by atoms with E-state index in [0.29, 0.717) is 5.69 Å². The smallest absolute Gasteiger partial charge is 0.228 e. The van der Waals surface area contributed by atoms with Crippen LogP contribution in [0.5, 0.6) is 0 Å². The number of carbonyl (C=O) groups excluding carboxylic acids is 1. The SMILES string of the molecule is NS(=O)(=O)C1CC(=O)N(c2ccc(F)nc2Br)C1. The Morgan fingerprint density at radius 2 is 2.17 bits per heavy atom. The van der Waals surface area contributed by atoms with Gasteiger partial charge in [0.1, 0.15) is 9.85 Å². The van der Waals surface area contributed by atoms with Gasteiger partial charge in [-0.15, -0.1) is 0 Å². The second kappa shape index (κ2) is 4.56. The van der Waals surface area contributed by atoms with Crippen LogP contribution in [0.4, 0.5) is 10.1 Å². The first-order valence-electron chi connectivity index (χ1n) is 4.93. The molecule has 1 aliphatic heterocycles. The Morgan fingerprint density at radius 3 is 2.67 bits per heavy atom. The molecule has 0 aromatic carbocycles. The van der Waals surface area contributed by atoms with Crippen molar-refractivity contribution in [3.05, 3.63) is 22.7 Å². The van der Waals surface area contributed by atoms with Crippen LogP contribution in [-0.2, 0) is 14.8 Å². The first-order valence-corrected chi connectivity index (χ1v) is 7.33. The molecular weight excluding hydrogens is 329 g/mol. The number of sulfonamides is 1. The highest BCUT2D eigenvalue weighted by Gasteiger charge is 2.38. The molecule has 2 N–H and O–H groups in total. The van der Waals surface area contributed by atoms with Crippen molar-refractivity contribution in [2.75, 3.05) is 11.4 Å². The summed E-state index contributed by atoms with van der Waals surface area (Å²) in [5.41, 5.74) is 0.326. The summed E-state index contributed by atoms with van der Waals surface area (Å²) in [5.74, 6) is -1.08. The highest BCUT2D eigenvalue weighted by molar-refractivity contribution is 9.10.